The Balaban J connectivity index is 2.28. The Morgan fingerprint density at radius 3 is 2.63 bits per heavy atom. The van der Waals surface area contributed by atoms with Gasteiger partial charge in [-0.25, -0.2) is 13.6 Å². The number of carbonyl (C=O) groups is 2. The monoisotopic (exact) mass is 269 g/mol. The highest BCUT2D eigenvalue weighted by atomic mass is 19.1. The molecule has 0 unspecified atom stereocenters. The van der Waals surface area contributed by atoms with Gasteiger partial charge in [-0.1, -0.05) is 0 Å². The number of hydrogen-bond acceptors (Lipinski definition) is 2. The number of halogens is 2. The molecule has 0 aromatic heterocycles. The molecule has 1 amide bonds. The number of nitrogens with zero attached hydrogens (tertiary/aromatic N) is 1. The summed E-state index contributed by atoms with van der Waals surface area (Å²) in [7, 11) is 0. The van der Waals surface area contributed by atoms with Crippen molar-refractivity contribution in [2.75, 3.05) is 6.54 Å². The Morgan fingerprint density at radius 1 is 1.26 bits per heavy atom. The highest BCUT2D eigenvalue weighted by Crippen LogP contribution is 2.21. The van der Waals surface area contributed by atoms with E-state index in [4.69, 9.17) is 5.11 Å². The van der Waals surface area contributed by atoms with Crippen LogP contribution in [-0.2, 0) is 4.79 Å². The fourth-order valence-electron chi connectivity index (χ4n) is 2.25. The lowest BCUT2D eigenvalue weighted by molar-refractivity contribution is -0.143. The molecule has 2 rings (SSSR count). The van der Waals surface area contributed by atoms with E-state index in [9.17, 15) is 18.4 Å². The molecule has 0 radical (unpaired) electrons. The highest BCUT2D eigenvalue weighted by Gasteiger charge is 2.33. The Bertz CT molecular complexity index is 519. The summed E-state index contributed by atoms with van der Waals surface area (Å²) in [5, 5.41) is 9.07. The first-order valence-electron chi connectivity index (χ1n) is 5.99. The van der Waals surface area contributed by atoms with Gasteiger partial charge in [-0.3, -0.25) is 4.79 Å². The standard InChI is InChI=1S/C13H13F2NO3/c14-8-4-5-9(10(15)7-8)12(17)16-6-2-1-3-11(16)13(18)19/h4-5,7,11H,1-3,6H2,(H,18,19)/t11-/m0/s1. The molecule has 1 atom stereocenters. The summed E-state index contributed by atoms with van der Waals surface area (Å²) in [6.07, 6.45) is 1.74. The van der Waals surface area contributed by atoms with Crippen molar-refractivity contribution >= 4 is 11.9 Å². The van der Waals surface area contributed by atoms with Gasteiger partial charge >= 0.3 is 5.97 Å². The second-order valence-corrected chi connectivity index (χ2v) is 4.47. The van der Waals surface area contributed by atoms with Crippen molar-refractivity contribution in [3.8, 4) is 0 Å². The number of aliphatic carboxylic acids is 1. The number of carboxylic acids is 1. The topological polar surface area (TPSA) is 57.6 Å². The molecule has 0 aliphatic carbocycles. The molecule has 4 nitrogen and oxygen atoms in total. The number of piperidine rings is 1. The molecule has 0 spiro atoms. The fraction of sp³-hybridized carbons (Fsp3) is 0.385. The van der Waals surface area contributed by atoms with Crippen molar-refractivity contribution in [1.82, 2.24) is 4.90 Å². The smallest absolute Gasteiger partial charge is 0.326 e. The van der Waals surface area contributed by atoms with Gasteiger partial charge in [-0.2, -0.15) is 0 Å². The predicted octanol–water partition coefficient (Wildman–Crippen LogP) is 2.04. The van der Waals surface area contributed by atoms with E-state index >= 15 is 0 Å². The van der Waals surface area contributed by atoms with Crippen molar-refractivity contribution < 1.29 is 23.5 Å². The lowest BCUT2D eigenvalue weighted by Crippen LogP contribution is -2.48. The third kappa shape index (κ3) is 2.72. The molecule has 102 valence electrons. The minimum absolute atomic E-state index is 0.270. The molecule has 1 N–H and O–H groups in total. The van der Waals surface area contributed by atoms with Crippen LogP contribution in [-0.4, -0.2) is 34.5 Å². The van der Waals surface area contributed by atoms with E-state index in [1.807, 2.05) is 0 Å². The SMILES string of the molecule is O=C(O)[C@@H]1CCCCN1C(=O)c1ccc(F)cc1F. The van der Waals surface area contributed by atoms with Crippen molar-refractivity contribution in [3.05, 3.63) is 35.4 Å². The molecule has 6 heteroatoms. The van der Waals surface area contributed by atoms with Crippen molar-refractivity contribution in [3.63, 3.8) is 0 Å². The van der Waals surface area contributed by atoms with Crippen LogP contribution in [0, 0.1) is 11.6 Å². The first-order chi connectivity index (χ1) is 9.00. The summed E-state index contributed by atoms with van der Waals surface area (Å²) in [6, 6.07) is 1.70. The zero-order valence-corrected chi connectivity index (χ0v) is 10.1. The first-order valence-corrected chi connectivity index (χ1v) is 5.99. The fourth-order valence-corrected chi connectivity index (χ4v) is 2.25. The number of amides is 1. The van der Waals surface area contributed by atoms with Crippen LogP contribution < -0.4 is 0 Å². The summed E-state index contributed by atoms with van der Waals surface area (Å²) < 4.78 is 26.3. The molecule has 1 aliphatic rings. The van der Waals surface area contributed by atoms with E-state index in [-0.39, 0.29) is 12.1 Å². The maximum atomic E-state index is 13.5. The van der Waals surface area contributed by atoms with Crippen LogP contribution in [0.2, 0.25) is 0 Å². The Hall–Kier alpha value is -1.98. The van der Waals surface area contributed by atoms with Crippen molar-refractivity contribution in [2.45, 2.75) is 25.3 Å². The van der Waals surface area contributed by atoms with Gasteiger partial charge in [0.15, 0.2) is 0 Å². The summed E-state index contributed by atoms with van der Waals surface area (Å²) in [4.78, 5) is 24.4. The number of likely N-dealkylation sites (tertiary alicyclic amines) is 1. The molecule has 1 heterocycles. The minimum atomic E-state index is -1.10. The number of carboxylic acid groups (broad SMARTS) is 1. The lowest BCUT2D eigenvalue weighted by Gasteiger charge is -2.33. The quantitative estimate of drug-likeness (QED) is 0.893. The van der Waals surface area contributed by atoms with E-state index in [0.29, 0.717) is 25.3 Å². The van der Waals surface area contributed by atoms with Gasteiger partial charge in [0.1, 0.15) is 17.7 Å². The van der Waals surface area contributed by atoms with E-state index in [2.05, 4.69) is 0 Å². The third-order valence-corrected chi connectivity index (χ3v) is 3.21. The van der Waals surface area contributed by atoms with E-state index in [1.165, 1.54) is 0 Å². The molecule has 1 fully saturated rings. The zero-order chi connectivity index (χ0) is 14.0. The van der Waals surface area contributed by atoms with Crippen molar-refractivity contribution in [1.29, 1.82) is 0 Å². The Kier molecular flexibility index (Phi) is 3.78. The minimum Gasteiger partial charge on any atom is -0.480 e. The summed E-state index contributed by atoms with van der Waals surface area (Å²) >= 11 is 0. The molecule has 19 heavy (non-hydrogen) atoms. The molecule has 1 saturated heterocycles. The molecular weight excluding hydrogens is 256 g/mol. The number of rotatable bonds is 2. The normalized spacial score (nSPS) is 19.3. The van der Waals surface area contributed by atoms with Gasteiger partial charge in [0, 0.05) is 12.6 Å². The predicted molar refractivity (Wildman–Crippen MR) is 62.7 cm³/mol. The van der Waals surface area contributed by atoms with Gasteiger partial charge in [-0.05, 0) is 31.4 Å². The van der Waals surface area contributed by atoms with E-state index < -0.39 is 29.6 Å². The summed E-state index contributed by atoms with van der Waals surface area (Å²) in [5.41, 5.74) is -0.297. The summed E-state index contributed by atoms with van der Waals surface area (Å²) in [5.74, 6) is -3.55. The van der Waals surface area contributed by atoms with Crippen molar-refractivity contribution in [2.24, 2.45) is 0 Å². The third-order valence-electron chi connectivity index (χ3n) is 3.21. The van der Waals surface area contributed by atoms with E-state index in [0.717, 1.165) is 17.0 Å². The maximum absolute atomic E-state index is 13.5. The zero-order valence-electron chi connectivity index (χ0n) is 10.1. The highest BCUT2D eigenvalue weighted by molar-refractivity contribution is 5.97. The van der Waals surface area contributed by atoms with Gasteiger partial charge in [0.25, 0.3) is 5.91 Å². The van der Waals surface area contributed by atoms with Crippen LogP contribution >= 0.6 is 0 Å². The lowest BCUT2D eigenvalue weighted by atomic mass is 10.0. The summed E-state index contributed by atoms with van der Waals surface area (Å²) in [6.45, 7) is 0.270. The Labute approximate surface area is 108 Å². The van der Waals surface area contributed by atoms with Gasteiger partial charge in [0.05, 0.1) is 5.56 Å². The van der Waals surface area contributed by atoms with Crippen LogP contribution in [0.25, 0.3) is 0 Å². The molecule has 0 saturated carbocycles. The average Bonchev–Trinajstić information content (AvgIpc) is 2.38. The number of benzene rings is 1. The average molecular weight is 269 g/mol. The molecule has 1 aliphatic heterocycles. The second kappa shape index (κ2) is 5.34. The molecule has 0 bridgehead atoms. The van der Waals surface area contributed by atoms with Gasteiger partial charge < -0.3 is 10.0 Å². The van der Waals surface area contributed by atoms with Crippen LogP contribution in [0.4, 0.5) is 8.78 Å². The Morgan fingerprint density at radius 2 is 2.00 bits per heavy atom. The number of carbonyl (C=O) groups excluding carboxylic acids is 1. The van der Waals surface area contributed by atoms with E-state index in [1.54, 1.807) is 0 Å². The largest absolute Gasteiger partial charge is 0.480 e. The van der Waals surface area contributed by atoms with Crippen LogP contribution in [0.5, 0.6) is 0 Å². The molecule has 1 aromatic carbocycles. The van der Waals surface area contributed by atoms with Crippen LogP contribution in [0.1, 0.15) is 29.6 Å². The van der Waals surface area contributed by atoms with Gasteiger partial charge in [-0.15, -0.1) is 0 Å². The van der Waals surface area contributed by atoms with Crippen LogP contribution in [0.15, 0.2) is 18.2 Å². The maximum Gasteiger partial charge on any atom is 0.326 e. The second-order valence-electron chi connectivity index (χ2n) is 4.47. The van der Waals surface area contributed by atoms with Crippen LogP contribution in [0.3, 0.4) is 0 Å². The molecular formula is C13H13F2NO3. The number of hydrogen-bond donors (Lipinski definition) is 1. The molecule has 1 aromatic rings. The first kappa shape index (κ1) is 13.5. The van der Waals surface area contributed by atoms with Gasteiger partial charge in [0.2, 0.25) is 0 Å².